The van der Waals surface area contributed by atoms with Crippen molar-refractivity contribution in [3.05, 3.63) is 47.3 Å². The molecule has 0 unspecified atom stereocenters. The van der Waals surface area contributed by atoms with Gasteiger partial charge in [-0.25, -0.2) is 19.3 Å². The van der Waals surface area contributed by atoms with E-state index < -0.39 is 0 Å². The molecule has 7 heteroatoms. The molecule has 21 heavy (non-hydrogen) atoms. The fraction of sp³-hybridized carbons (Fsp3) is 0.214. The van der Waals surface area contributed by atoms with Crippen molar-refractivity contribution in [1.29, 1.82) is 0 Å². The van der Waals surface area contributed by atoms with Crippen LogP contribution in [-0.2, 0) is 6.54 Å². The van der Waals surface area contributed by atoms with Gasteiger partial charge in [-0.3, -0.25) is 0 Å². The van der Waals surface area contributed by atoms with Crippen LogP contribution in [0.15, 0.2) is 30.9 Å². The number of hydrogen-bond donors (Lipinski definition) is 0. The third-order valence-corrected chi connectivity index (χ3v) is 3.55. The second-order valence-corrected chi connectivity index (χ2v) is 5.24. The van der Waals surface area contributed by atoms with Crippen LogP contribution in [-0.4, -0.2) is 33.6 Å². The van der Waals surface area contributed by atoms with Crippen molar-refractivity contribution in [2.75, 3.05) is 19.0 Å². The van der Waals surface area contributed by atoms with E-state index in [-0.39, 0.29) is 12.4 Å². The zero-order chi connectivity index (χ0) is 15.0. The van der Waals surface area contributed by atoms with Crippen molar-refractivity contribution in [3.8, 4) is 0 Å². The highest BCUT2D eigenvalue weighted by molar-refractivity contribution is 6.31. The summed E-state index contributed by atoms with van der Waals surface area (Å²) < 4.78 is 15.6. The van der Waals surface area contributed by atoms with Crippen molar-refractivity contribution in [2.45, 2.75) is 6.54 Å². The van der Waals surface area contributed by atoms with Crippen molar-refractivity contribution >= 4 is 28.6 Å². The van der Waals surface area contributed by atoms with Gasteiger partial charge in [0, 0.05) is 24.7 Å². The van der Waals surface area contributed by atoms with Crippen molar-refractivity contribution < 1.29 is 4.39 Å². The highest BCUT2D eigenvalue weighted by Crippen LogP contribution is 2.24. The fourth-order valence-electron chi connectivity index (χ4n) is 2.17. The number of halogens is 2. The third-order valence-electron chi connectivity index (χ3n) is 3.20. The van der Waals surface area contributed by atoms with Gasteiger partial charge in [0.25, 0.3) is 0 Å². The maximum absolute atomic E-state index is 13.9. The monoisotopic (exact) mass is 305 g/mol. The van der Waals surface area contributed by atoms with Crippen LogP contribution in [0.5, 0.6) is 0 Å². The number of nitrogens with zero attached hydrogens (tertiary/aromatic N) is 5. The van der Waals surface area contributed by atoms with Gasteiger partial charge in [0.15, 0.2) is 17.0 Å². The zero-order valence-corrected chi connectivity index (χ0v) is 12.3. The minimum absolute atomic E-state index is 0.270. The Kier molecular flexibility index (Phi) is 3.47. The van der Waals surface area contributed by atoms with Crippen molar-refractivity contribution in [1.82, 2.24) is 19.5 Å². The number of aromatic nitrogens is 4. The van der Waals surface area contributed by atoms with Gasteiger partial charge in [-0.1, -0.05) is 17.7 Å². The Bertz CT molecular complexity index is 779. The number of hydrogen-bond acceptors (Lipinski definition) is 4. The predicted molar refractivity (Wildman–Crippen MR) is 80.2 cm³/mol. The molecule has 0 saturated carbocycles. The van der Waals surface area contributed by atoms with E-state index in [1.807, 2.05) is 19.0 Å². The Balaban J connectivity index is 2.08. The van der Waals surface area contributed by atoms with Gasteiger partial charge >= 0.3 is 0 Å². The van der Waals surface area contributed by atoms with E-state index in [1.165, 1.54) is 12.4 Å². The molecule has 0 spiro atoms. The van der Waals surface area contributed by atoms with Crippen LogP contribution in [0.4, 0.5) is 10.2 Å². The Morgan fingerprint density at radius 2 is 2.05 bits per heavy atom. The van der Waals surface area contributed by atoms with E-state index in [2.05, 4.69) is 15.0 Å². The van der Waals surface area contributed by atoms with E-state index in [4.69, 9.17) is 11.6 Å². The van der Waals surface area contributed by atoms with Crippen LogP contribution >= 0.6 is 11.6 Å². The number of benzene rings is 1. The molecule has 1 aromatic carbocycles. The predicted octanol–water partition coefficient (Wildman–Crippen LogP) is 2.73. The standard InChI is InChI=1S/C14H13ClFN5/c1-20(2)13-12-14(18-7-17-13)21(8-19-12)6-9-10(15)4-3-5-11(9)16/h3-5,7-8H,6H2,1-2H3. The molecule has 0 aliphatic carbocycles. The highest BCUT2D eigenvalue weighted by atomic mass is 35.5. The van der Waals surface area contributed by atoms with E-state index in [0.29, 0.717) is 21.7 Å². The molecule has 3 rings (SSSR count). The molecule has 0 radical (unpaired) electrons. The largest absolute Gasteiger partial charge is 0.361 e. The summed E-state index contributed by atoms with van der Waals surface area (Å²) in [4.78, 5) is 14.6. The average Bonchev–Trinajstić information content (AvgIpc) is 2.86. The van der Waals surface area contributed by atoms with E-state index in [9.17, 15) is 4.39 Å². The molecule has 0 atom stereocenters. The maximum atomic E-state index is 13.9. The Hall–Kier alpha value is -2.21. The molecular formula is C14H13ClFN5. The lowest BCUT2D eigenvalue weighted by atomic mass is 10.2. The van der Waals surface area contributed by atoms with E-state index >= 15 is 0 Å². The molecule has 0 bridgehead atoms. The summed E-state index contributed by atoms with van der Waals surface area (Å²) in [6, 6.07) is 4.64. The second-order valence-electron chi connectivity index (χ2n) is 4.84. The maximum Gasteiger partial charge on any atom is 0.165 e. The summed E-state index contributed by atoms with van der Waals surface area (Å²) in [7, 11) is 3.77. The van der Waals surface area contributed by atoms with Gasteiger partial charge in [-0.2, -0.15) is 0 Å². The number of anilines is 1. The van der Waals surface area contributed by atoms with Gasteiger partial charge < -0.3 is 9.47 Å². The summed E-state index contributed by atoms with van der Waals surface area (Å²) in [5.74, 6) is 0.379. The van der Waals surface area contributed by atoms with Gasteiger partial charge in [0.1, 0.15) is 12.1 Å². The molecule has 108 valence electrons. The first-order chi connectivity index (χ1) is 10.1. The molecule has 0 aliphatic heterocycles. The minimum Gasteiger partial charge on any atom is -0.361 e. The highest BCUT2D eigenvalue weighted by Gasteiger charge is 2.14. The number of rotatable bonds is 3. The van der Waals surface area contributed by atoms with Crippen molar-refractivity contribution in [3.63, 3.8) is 0 Å². The van der Waals surface area contributed by atoms with Crippen LogP contribution in [0, 0.1) is 5.82 Å². The SMILES string of the molecule is CN(C)c1ncnc2c1ncn2Cc1c(F)cccc1Cl. The Morgan fingerprint density at radius 3 is 2.76 bits per heavy atom. The Labute approximate surface area is 126 Å². The smallest absolute Gasteiger partial charge is 0.165 e. The van der Waals surface area contributed by atoms with Gasteiger partial charge in [-0.15, -0.1) is 0 Å². The molecule has 0 fully saturated rings. The normalized spacial score (nSPS) is 11.0. The summed E-state index contributed by atoms with van der Waals surface area (Å²) >= 11 is 6.06. The third kappa shape index (κ3) is 2.42. The molecule has 0 aliphatic rings. The quantitative estimate of drug-likeness (QED) is 0.746. The molecule has 5 nitrogen and oxygen atoms in total. The summed E-state index contributed by atoms with van der Waals surface area (Å²) in [6.07, 6.45) is 3.09. The molecule has 2 heterocycles. The average molecular weight is 306 g/mol. The topological polar surface area (TPSA) is 46.8 Å². The lowest BCUT2D eigenvalue weighted by Gasteiger charge is -2.11. The van der Waals surface area contributed by atoms with Crippen LogP contribution in [0.3, 0.4) is 0 Å². The number of imidazole rings is 1. The van der Waals surface area contributed by atoms with E-state index in [0.717, 1.165) is 5.82 Å². The van der Waals surface area contributed by atoms with Crippen molar-refractivity contribution in [2.24, 2.45) is 0 Å². The second kappa shape index (κ2) is 5.29. The molecular weight excluding hydrogens is 293 g/mol. The zero-order valence-electron chi connectivity index (χ0n) is 11.6. The van der Waals surface area contributed by atoms with E-state index in [1.54, 1.807) is 23.0 Å². The van der Waals surface area contributed by atoms with Gasteiger partial charge in [0.05, 0.1) is 12.9 Å². The fourth-order valence-corrected chi connectivity index (χ4v) is 2.39. The first-order valence-corrected chi connectivity index (χ1v) is 6.71. The molecule has 0 amide bonds. The molecule has 2 aromatic heterocycles. The van der Waals surface area contributed by atoms with Gasteiger partial charge in [-0.05, 0) is 12.1 Å². The molecule has 0 N–H and O–H groups in total. The van der Waals surface area contributed by atoms with Crippen LogP contribution in [0.1, 0.15) is 5.56 Å². The van der Waals surface area contributed by atoms with Crippen LogP contribution in [0.2, 0.25) is 5.02 Å². The Morgan fingerprint density at radius 1 is 1.24 bits per heavy atom. The first kappa shape index (κ1) is 13.8. The summed E-state index contributed by atoms with van der Waals surface area (Å²) in [5.41, 5.74) is 1.74. The van der Waals surface area contributed by atoms with Crippen LogP contribution in [0.25, 0.3) is 11.2 Å². The summed E-state index contributed by atoms with van der Waals surface area (Å²) in [6.45, 7) is 0.270. The lowest BCUT2D eigenvalue weighted by molar-refractivity contribution is 0.601. The minimum atomic E-state index is -0.341. The molecule has 0 saturated heterocycles. The number of fused-ring (bicyclic) bond motifs is 1. The lowest BCUT2D eigenvalue weighted by Crippen LogP contribution is -2.11. The summed E-state index contributed by atoms with van der Waals surface area (Å²) in [5, 5.41) is 0.388. The molecule has 3 aromatic rings. The first-order valence-electron chi connectivity index (χ1n) is 6.34. The van der Waals surface area contributed by atoms with Gasteiger partial charge in [0.2, 0.25) is 0 Å². The van der Waals surface area contributed by atoms with Crippen LogP contribution < -0.4 is 4.90 Å².